The maximum Gasteiger partial charge on any atom is 0.0215 e. The largest absolute Gasteiger partial charge is 0.287 e. The van der Waals surface area contributed by atoms with E-state index in [1.54, 1.807) is 6.21 Å². The van der Waals surface area contributed by atoms with Crippen LogP contribution in [0.1, 0.15) is 22.2 Å². The van der Waals surface area contributed by atoms with Gasteiger partial charge in [0.2, 0.25) is 0 Å². The SMILES string of the molecule is C=CN/N=C\C.CC.[HH]. The van der Waals surface area contributed by atoms with Gasteiger partial charge in [-0.05, 0) is 6.92 Å². The minimum Gasteiger partial charge on any atom is -0.287 e. The van der Waals surface area contributed by atoms with E-state index in [0.29, 0.717) is 0 Å². The highest BCUT2D eigenvalue weighted by Crippen LogP contribution is 1.51. The smallest absolute Gasteiger partial charge is 0.0215 e. The summed E-state index contributed by atoms with van der Waals surface area (Å²) in [4.78, 5) is 0. The summed E-state index contributed by atoms with van der Waals surface area (Å²) in [5.74, 6) is 0. The molecule has 0 unspecified atom stereocenters. The summed E-state index contributed by atoms with van der Waals surface area (Å²) in [6.45, 7) is 9.20. The number of hydrazone groups is 1. The van der Waals surface area contributed by atoms with Crippen LogP contribution in [0.3, 0.4) is 0 Å². The fraction of sp³-hybridized carbons (Fsp3) is 0.500. The van der Waals surface area contributed by atoms with E-state index in [4.69, 9.17) is 0 Å². The molecule has 2 nitrogen and oxygen atoms in total. The van der Waals surface area contributed by atoms with Gasteiger partial charge >= 0.3 is 0 Å². The predicted octanol–water partition coefficient (Wildman–Crippen LogP) is 2.00. The van der Waals surface area contributed by atoms with Crippen molar-refractivity contribution >= 4 is 6.21 Å². The van der Waals surface area contributed by atoms with E-state index < -0.39 is 0 Å². The normalized spacial score (nSPS) is 7.38. The third-order valence-electron chi connectivity index (χ3n) is 0.295. The van der Waals surface area contributed by atoms with Crippen LogP contribution in [0.4, 0.5) is 0 Å². The van der Waals surface area contributed by atoms with Crippen molar-refractivity contribution < 1.29 is 1.43 Å². The molecule has 0 rings (SSSR count). The van der Waals surface area contributed by atoms with Crippen LogP contribution in [0.15, 0.2) is 17.9 Å². The van der Waals surface area contributed by atoms with Crippen molar-refractivity contribution in [1.82, 2.24) is 5.43 Å². The monoisotopic (exact) mass is 116 g/mol. The molecule has 0 aliphatic carbocycles. The first-order chi connectivity index (χ1) is 3.91. The van der Waals surface area contributed by atoms with Crippen LogP contribution in [0.5, 0.6) is 0 Å². The maximum atomic E-state index is 3.60. The highest BCUT2D eigenvalue weighted by Gasteiger charge is 1.50. The van der Waals surface area contributed by atoms with Gasteiger partial charge in [0.05, 0.1) is 0 Å². The standard InChI is InChI=1S/C4H8N2.C2H6.H2/c1-3-5-6-4-2;1-2;/h3-5H,1H2,2H3;1-2H3;1H/b6-4-;;. The van der Waals surface area contributed by atoms with Crippen LogP contribution >= 0.6 is 0 Å². The van der Waals surface area contributed by atoms with Gasteiger partial charge in [-0.25, -0.2) is 0 Å². The Morgan fingerprint density at radius 1 is 1.62 bits per heavy atom. The summed E-state index contributed by atoms with van der Waals surface area (Å²) < 4.78 is 0. The summed E-state index contributed by atoms with van der Waals surface area (Å²) in [5, 5.41) is 3.60. The zero-order valence-corrected chi connectivity index (χ0v) is 5.81. The third-order valence-corrected chi connectivity index (χ3v) is 0.295. The minimum atomic E-state index is 0. The Morgan fingerprint density at radius 2 is 2.12 bits per heavy atom. The van der Waals surface area contributed by atoms with Crippen LogP contribution in [-0.2, 0) is 0 Å². The van der Waals surface area contributed by atoms with Crippen LogP contribution in [0.25, 0.3) is 0 Å². The molecule has 0 aliphatic rings. The van der Waals surface area contributed by atoms with Gasteiger partial charge in [-0.15, -0.1) is 0 Å². The van der Waals surface area contributed by atoms with Crippen molar-refractivity contribution in [3.05, 3.63) is 12.8 Å². The summed E-state index contributed by atoms with van der Waals surface area (Å²) in [7, 11) is 0. The van der Waals surface area contributed by atoms with Gasteiger partial charge in [0.1, 0.15) is 0 Å². The molecule has 2 heteroatoms. The van der Waals surface area contributed by atoms with Crippen LogP contribution < -0.4 is 5.43 Å². The van der Waals surface area contributed by atoms with Gasteiger partial charge in [0, 0.05) is 13.8 Å². The molecule has 0 amide bonds. The van der Waals surface area contributed by atoms with Crippen LogP contribution in [0, 0.1) is 0 Å². The molecule has 0 saturated heterocycles. The van der Waals surface area contributed by atoms with E-state index in [9.17, 15) is 0 Å². The summed E-state index contributed by atoms with van der Waals surface area (Å²) in [5.41, 5.74) is 2.53. The van der Waals surface area contributed by atoms with Crippen molar-refractivity contribution in [1.29, 1.82) is 0 Å². The lowest BCUT2D eigenvalue weighted by Gasteiger charge is -1.79. The Morgan fingerprint density at radius 3 is 2.25 bits per heavy atom. The molecule has 0 saturated carbocycles. The van der Waals surface area contributed by atoms with Crippen molar-refractivity contribution in [2.24, 2.45) is 5.10 Å². The second kappa shape index (κ2) is 16.4. The molecule has 0 atom stereocenters. The zero-order chi connectivity index (χ0) is 6.83. The van der Waals surface area contributed by atoms with E-state index in [0.717, 1.165) is 0 Å². The van der Waals surface area contributed by atoms with Crippen molar-refractivity contribution in [2.75, 3.05) is 0 Å². The number of hydrogen-bond donors (Lipinski definition) is 1. The lowest BCUT2D eigenvalue weighted by molar-refractivity contribution is 0.978. The van der Waals surface area contributed by atoms with Gasteiger partial charge < -0.3 is 0 Å². The molecule has 0 aromatic heterocycles. The first-order valence-corrected chi connectivity index (χ1v) is 2.76. The van der Waals surface area contributed by atoms with E-state index in [2.05, 4.69) is 17.1 Å². The third kappa shape index (κ3) is 18.9. The van der Waals surface area contributed by atoms with Crippen LogP contribution in [0.2, 0.25) is 0 Å². The molecule has 0 aromatic rings. The van der Waals surface area contributed by atoms with Crippen molar-refractivity contribution in [3.8, 4) is 0 Å². The molecule has 0 aliphatic heterocycles. The van der Waals surface area contributed by atoms with Gasteiger partial charge in [-0.3, -0.25) is 5.43 Å². The number of hydrogen-bond acceptors (Lipinski definition) is 2. The fourth-order valence-electron chi connectivity index (χ4n) is 0.127. The number of nitrogens with one attached hydrogen (secondary N) is 1. The highest BCUT2D eigenvalue weighted by atomic mass is 15.3. The predicted molar refractivity (Wildman–Crippen MR) is 41.0 cm³/mol. The van der Waals surface area contributed by atoms with Crippen LogP contribution in [-0.4, -0.2) is 6.21 Å². The minimum absolute atomic E-state index is 0. The summed E-state index contributed by atoms with van der Waals surface area (Å²) >= 11 is 0. The van der Waals surface area contributed by atoms with Gasteiger partial charge in [-0.2, -0.15) is 5.10 Å². The highest BCUT2D eigenvalue weighted by molar-refractivity contribution is 5.52. The lowest BCUT2D eigenvalue weighted by Crippen LogP contribution is -1.88. The number of rotatable bonds is 2. The fourth-order valence-corrected chi connectivity index (χ4v) is 0.127. The average Bonchev–Trinajstić information content (AvgIpc) is 1.88. The van der Waals surface area contributed by atoms with Gasteiger partial charge in [0.15, 0.2) is 0 Å². The Kier molecular flexibility index (Phi) is 20.9. The Bertz CT molecular complexity index is 62.1. The second-order valence-corrected chi connectivity index (χ2v) is 0.721. The molecule has 0 radical (unpaired) electrons. The average molecular weight is 116 g/mol. The van der Waals surface area contributed by atoms with Gasteiger partial charge in [0.25, 0.3) is 0 Å². The molecular weight excluding hydrogens is 100 g/mol. The quantitative estimate of drug-likeness (QED) is 0.433. The molecule has 8 heavy (non-hydrogen) atoms. The first kappa shape index (κ1) is 10.2. The molecule has 0 heterocycles. The maximum absolute atomic E-state index is 3.60. The Balaban J connectivity index is -0.000000109. The summed E-state index contributed by atoms with van der Waals surface area (Å²) in [6.07, 6.45) is 3.17. The Hall–Kier alpha value is -0.790. The Labute approximate surface area is 52.8 Å². The molecule has 50 valence electrons. The van der Waals surface area contributed by atoms with Crippen molar-refractivity contribution in [2.45, 2.75) is 20.8 Å². The van der Waals surface area contributed by atoms with Crippen molar-refractivity contribution in [3.63, 3.8) is 0 Å². The van der Waals surface area contributed by atoms with Gasteiger partial charge in [-0.1, -0.05) is 20.4 Å². The molecule has 0 fully saturated rings. The molecule has 1 N–H and O–H groups in total. The molecule has 0 aromatic carbocycles. The first-order valence-electron chi connectivity index (χ1n) is 2.76. The molecule has 0 bridgehead atoms. The second-order valence-electron chi connectivity index (χ2n) is 0.721. The zero-order valence-electron chi connectivity index (χ0n) is 5.81. The van der Waals surface area contributed by atoms with E-state index in [-0.39, 0.29) is 1.43 Å². The lowest BCUT2D eigenvalue weighted by atomic mass is 10.9. The molecular formula is C6H16N2. The van der Waals surface area contributed by atoms with E-state index >= 15 is 0 Å². The van der Waals surface area contributed by atoms with E-state index in [1.807, 2.05) is 20.8 Å². The topological polar surface area (TPSA) is 24.4 Å². The number of nitrogens with zero attached hydrogens (tertiary/aromatic N) is 1. The van der Waals surface area contributed by atoms with E-state index in [1.165, 1.54) is 6.20 Å². The molecule has 0 spiro atoms. The summed E-state index contributed by atoms with van der Waals surface area (Å²) in [6, 6.07) is 0.